The Hall–Kier alpha value is -3.55. The van der Waals surface area contributed by atoms with E-state index in [0.29, 0.717) is 37.8 Å². The van der Waals surface area contributed by atoms with E-state index in [4.69, 9.17) is 18.7 Å². The number of hydrogen-bond donors (Lipinski definition) is 0. The molecule has 0 radical (unpaired) electrons. The third kappa shape index (κ3) is 5.27. The van der Waals surface area contributed by atoms with E-state index in [9.17, 15) is 4.79 Å². The number of nitrogens with zero attached hydrogens (tertiary/aromatic N) is 3. The van der Waals surface area contributed by atoms with Gasteiger partial charge in [-0.05, 0) is 48.9 Å². The van der Waals surface area contributed by atoms with Gasteiger partial charge < -0.3 is 23.6 Å². The van der Waals surface area contributed by atoms with Crippen LogP contribution in [0, 0.1) is 0 Å². The molecular formula is C25H29N3O5. The second-order valence-electron chi connectivity index (χ2n) is 8.04. The average molecular weight is 452 g/mol. The third-order valence-corrected chi connectivity index (χ3v) is 5.74. The number of ether oxygens (including phenoxy) is 3. The maximum absolute atomic E-state index is 12.7. The lowest BCUT2D eigenvalue weighted by Crippen LogP contribution is -2.24. The third-order valence-electron chi connectivity index (χ3n) is 5.74. The molecule has 0 aliphatic carbocycles. The molecule has 1 saturated heterocycles. The predicted octanol–water partition coefficient (Wildman–Crippen LogP) is 4.45. The van der Waals surface area contributed by atoms with Gasteiger partial charge in [-0.3, -0.25) is 4.79 Å². The highest BCUT2D eigenvalue weighted by molar-refractivity contribution is 5.79. The van der Waals surface area contributed by atoms with Crippen molar-refractivity contribution in [2.45, 2.75) is 38.6 Å². The summed E-state index contributed by atoms with van der Waals surface area (Å²) in [6.07, 6.45) is 2.46. The molecule has 1 amide bonds. The van der Waals surface area contributed by atoms with Gasteiger partial charge in [-0.1, -0.05) is 18.5 Å². The molecule has 8 nitrogen and oxygen atoms in total. The van der Waals surface area contributed by atoms with E-state index in [0.717, 1.165) is 41.2 Å². The van der Waals surface area contributed by atoms with Crippen molar-refractivity contribution < 1.29 is 23.5 Å². The number of hydrogen-bond acceptors (Lipinski definition) is 7. The van der Waals surface area contributed by atoms with Crippen molar-refractivity contribution in [3.63, 3.8) is 0 Å². The van der Waals surface area contributed by atoms with Crippen molar-refractivity contribution in [2.75, 3.05) is 27.4 Å². The van der Waals surface area contributed by atoms with Crippen LogP contribution in [0.15, 0.2) is 47.0 Å². The van der Waals surface area contributed by atoms with Gasteiger partial charge in [0.05, 0.1) is 20.8 Å². The summed E-state index contributed by atoms with van der Waals surface area (Å²) in [7, 11) is 3.23. The topological polar surface area (TPSA) is 86.9 Å². The summed E-state index contributed by atoms with van der Waals surface area (Å²) in [5.74, 6) is 3.16. The second kappa shape index (κ2) is 10.4. The molecule has 174 valence electrons. The molecule has 1 unspecified atom stereocenters. The lowest BCUT2D eigenvalue weighted by Gasteiger charge is -2.18. The largest absolute Gasteiger partial charge is 0.497 e. The Labute approximate surface area is 193 Å². The van der Waals surface area contributed by atoms with Gasteiger partial charge >= 0.3 is 0 Å². The molecule has 1 fully saturated rings. The van der Waals surface area contributed by atoms with E-state index in [1.54, 1.807) is 19.1 Å². The summed E-state index contributed by atoms with van der Waals surface area (Å²) in [6, 6.07) is 13.2. The number of amides is 1. The minimum absolute atomic E-state index is 0.0461. The Balaban J connectivity index is 1.42. The quantitative estimate of drug-likeness (QED) is 0.421. The Morgan fingerprint density at radius 2 is 1.88 bits per heavy atom. The van der Waals surface area contributed by atoms with Crippen molar-refractivity contribution in [1.82, 2.24) is 15.0 Å². The van der Waals surface area contributed by atoms with Gasteiger partial charge in [-0.2, -0.15) is 4.98 Å². The fourth-order valence-corrected chi connectivity index (χ4v) is 3.86. The van der Waals surface area contributed by atoms with E-state index >= 15 is 0 Å². The van der Waals surface area contributed by atoms with E-state index < -0.39 is 0 Å². The van der Waals surface area contributed by atoms with Gasteiger partial charge in [-0.15, -0.1) is 0 Å². The molecule has 2 heterocycles. The number of carbonyl (C=O) groups excluding carboxylic acids is 1. The summed E-state index contributed by atoms with van der Waals surface area (Å²) in [4.78, 5) is 19.0. The van der Waals surface area contributed by atoms with Crippen LogP contribution in [0.3, 0.4) is 0 Å². The molecule has 4 rings (SSSR count). The SMILES string of the molecule is CCCCOc1ccc(-c2nc(C3CC(=O)N(Cc4cc(OC)ccc4OC)C3)no2)cc1. The Morgan fingerprint density at radius 3 is 2.61 bits per heavy atom. The molecule has 3 aromatic rings. The Morgan fingerprint density at radius 1 is 1.09 bits per heavy atom. The van der Waals surface area contributed by atoms with Crippen molar-refractivity contribution in [1.29, 1.82) is 0 Å². The first-order valence-corrected chi connectivity index (χ1v) is 11.2. The summed E-state index contributed by atoms with van der Waals surface area (Å²) < 4.78 is 22.0. The lowest BCUT2D eigenvalue weighted by molar-refractivity contribution is -0.128. The zero-order valence-electron chi connectivity index (χ0n) is 19.2. The molecule has 0 bridgehead atoms. The van der Waals surface area contributed by atoms with Crippen LogP contribution in [0.2, 0.25) is 0 Å². The number of methoxy groups -OCH3 is 2. The predicted molar refractivity (Wildman–Crippen MR) is 122 cm³/mol. The first-order valence-electron chi connectivity index (χ1n) is 11.2. The molecule has 0 spiro atoms. The van der Waals surface area contributed by atoms with Gasteiger partial charge in [-0.25, -0.2) is 0 Å². The van der Waals surface area contributed by atoms with Crippen LogP contribution in [-0.4, -0.2) is 48.3 Å². The van der Waals surface area contributed by atoms with Crippen molar-refractivity contribution in [2.24, 2.45) is 0 Å². The van der Waals surface area contributed by atoms with Crippen LogP contribution in [-0.2, 0) is 11.3 Å². The van der Waals surface area contributed by atoms with Crippen LogP contribution in [0.4, 0.5) is 0 Å². The summed E-state index contributed by atoms with van der Waals surface area (Å²) in [5, 5.41) is 4.15. The lowest BCUT2D eigenvalue weighted by atomic mass is 10.1. The molecule has 0 N–H and O–H groups in total. The van der Waals surface area contributed by atoms with Crippen LogP contribution in [0.5, 0.6) is 17.2 Å². The fourth-order valence-electron chi connectivity index (χ4n) is 3.86. The zero-order chi connectivity index (χ0) is 23.2. The maximum atomic E-state index is 12.7. The van der Waals surface area contributed by atoms with Gasteiger partial charge in [0.25, 0.3) is 5.89 Å². The van der Waals surface area contributed by atoms with Crippen molar-refractivity contribution in [3.8, 4) is 28.7 Å². The molecule has 1 atom stereocenters. The standard InChI is InChI=1S/C25H29N3O5/c1-4-5-12-32-20-8-6-17(7-9-20)25-26-24(27-33-25)19-14-23(29)28(16-19)15-18-13-21(30-2)10-11-22(18)31-3/h6-11,13,19H,4-5,12,14-16H2,1-3H3. The van der Waals surface area contributed by atoms with Crippen molar-refractivity contribution in [3.05, 3.63) is 53.9 Å². The summed E-state index contributed by atoms with van der Waals surface area (Å²) >= 11 is 0. The fraction of sp³-hybridized carbons (Fsp3) is 0.400. The molecule has 0 saturated carbocycles. The van der Waals surface area contributed by atoms with Crippen molar-refractivity contribution >= 4 is 5.91 Å². The highest BCUT2D eigenvalue weighted by Gasteiger charge is 2.34. The van der Waals surface area contributed by atoms with Crippen LogP contribution < -0.4 is 14.2 Å². The monoisotopic (exact) mass is 451 g/mol. The number of benzene rings is 2. The first kappa shape index (κ1) is 22.6. The molecular weight excluding hydrogens is 422 g/mol. The number of aromatic nitrogens is 2. The maximum Gasteiger partial charge on any atom is 0.257 e. The van der Waals surface area contributed by atoms with Gasteiger partial charge in [0.15, 0.2) is 5.82 Å². The zero-order valence-corrected chi connectivity index (χ0v) is 19.2. The minimum atomic E-state index is -0.122. The molecule has 8 heteroatoms. The Bertz CT molecular complexity index is 1080. The van der Waals surface area contributed by atoms with Gasteiger partial charge in [0.1, 0.15) is 17.2 Å². The van der Waals surface area contributed by atoms with E-state index in [1.807, 2.05) is 42.5 Å². The van der Waals surface area contributed by atoms with Gasteiger partial charge in [0, 0.05) is 36.6 Å². The normalized spacial score (nSPS) is 15.7. The first-order chi connectivity index (χ1) is 16.1. The van der Waals surface area contributed by atoms with E-state index in [2.05, 4.69) is 17.1 Å². The highest BCUT2D eigenvalue weighted by Crippen LogP contribution is 2.32. The van der Waals surface area contributed by atoms with Crippen LogP contribution in [0.25, 0.3) is 11.5 Å². The number of carbonyl (C=O) groups is 1. The minimum Gasteiger partial charge on any atom is -0.497 e. The van der Waals surface area contributed by atoms with Crippen LogP contribution >= 0.6 is 0 Å². The van der Waals surface area contributed by atoms with Crippen LogP contribution in [0.1, 0.15) is 43.5 Å². The molecule has 33 heavy (non-hydrogen) atoms. The molecule has 1 aliphatic rings. The van der Waals surface area contributed by atoms with E-state index in [1.165, 1.54) is 0 Å². The summed E-state index contributed by atoms with van der Waals surface area (Å²) in [6.45, 7) is 3.78. The summed E-state index contributed by atoms with van der Waals surface area (Å²) in [5.41, 5.74) is 1.71. The number of rotatable bonds is 10. The average Bonchev–Trinajstić information content (AvgIpc) is 3.47. The van der Waals surface area contributed by atoms with E-state index in [-0.39, 0.29) is 11.8 Å². The molecule has 1 aliphatic heterocycles. The molecule has 2 aromatic carbocycles. The number of likely N-dealkylation sites (tertiary alicyclic amines) is 1. The number of unbranched alkanes of at least 4 members (excludes halogenated alkanes) is 1. The smallest absolute Gasteiger partial charge is 0.257 e. The second-order valence-corrected chi connectivity index (χ2v) is 8.04. The highest BCUT2D eigenvalue weighted by atomic mass is 16.5. The Kier molecular flexibility index (Phi) is 7.12. The van der Waals surface area contributed by atoms with Gasteiger partial charge in [0.2, 0.25) is 5.91 Å². The molecule has 1 aromatic heterocycles.